The van der Waals surface area contributed by atoms with Gasteiger partial charge in [-0.05, 0) is 29.7 Å². The van der Waals surface area contributed by atoms with Gasteiger partial charge in [-0.1, -0.05) is 29.9 Å². The van der Waals surface area contributed by atoms with Crippen LogP contribution in [0.15, 0.2) is 35.9 Å². The third-order valence-corrected chi connectivity index (χ3v) is 3.54. The van der Waals surface area contributed by atoms with Crippen molar-refractivity contribution in [2.45, 2.75) is 25.2 Å². The van der Waals surface area contributed by atoms with Gasteiger partial charge in [-0.3, -0.25) is 4.79 Å². The van der Waals surface area contributed by atoms with Crippen LogP contribution in [0.25, 0.3) is 6.08 Å². The molecule has 0 saturated heterocycles. The Bertz CT molecular complexity index is 540. The standard InChI is InChI=1S/C15H13FO/c16-12-5-1-11-4-8-14(15(11)9-12)10-2-6-13(17)7-3-10/h1-2,4-5,8-9,14H,3,6-7H2. The van der Waals surface area contributed by atoms with E-state index in [4.69, 9.17) is 0 Å². The summed E-state index contributed by atoms with van der Waals surface area (Å²) in [6.45, 7) is 0. The lowest BCUT2D eigenvalue weighted by molar-refractivity contribution is -0.118. The zero-order chi connectivity index (χ0) is 11.8. The van der Waals surface area contributed by atoms with Gasteiger partial charge in [0, 0.05) is 18.8 Å². The molecule has 86 valence electrons. The summed E-state index contributed by atoms with van der Waals surface area (Å²) in [5.74, 6) is 0.286. The van der Waals surface area contributed by atoms with Crippen LogP contribution in [0.3, 0.4) is 0 Å². The van der Waals surface area contributed by atoms with E-state index in [1.807, 2.05) is 18.2 Å². The van der Waals surface area contributed by atoms with Crippen molar-refractivity contribution in [3.63, 3.8) is 0 Å². The number of Topliss-reactive ketones (excluding diaryl/α,β-unsaturated/α-hetero) is 1. The summed E-state index contributed by atoms with van der Waals surface area (Å²) in [6, 6.07) is 4.91. The quantitative estimate of drug-likeness (QED) is 0.671. The van der Waals surface area contributed by atoms with Crippen LogP contribution in [-0.2, 0) is 4.79 Å². The zero-order valence-electron chi connectivity index (χ0n) is 9.45. The average molecular weight is 228 g/mol. The van der Waals surface area contributed by atoms with E-state index in [9.17, 15) is 9.18 Å². The molecule has 0 heterocycles. The van der Waals surface area contributed by atoms with Crippen LogP contribution in [0.5, 0.6) is 0 Å². The van der Waals surface area contributed by atoms with Gasteiger partial charge in [0.1, 0.15) is 11.6 Å². The summed E-state index contributed by atoms with van der Waals surface area (Å²) in [5.41, 5.74) is 3.38. The van der Waals surface area contributed by atoms with Crippen LogP contribution in [0.1, 0.15) is 36.3 Å². The molecule has 2 aliphatic rings. The SMILES string of the molecule is O=C1CC=C(C2C=Cc3ccc(F)cc32)CC1. The fraction of sp³-hybridized carbons (Fsp3) is 0.267. The van der Waals surface area contributed by atoms with Crippen LogP contribution < -0.4 is 0 Å². The second-order valence-electron chi connectivity index (χ2n) is 4.63. The molecule has 1 atom stereocenters. The van der Waals surface area contributed by atoms with Crippen molar-refractivity contribution in [3.05, 3.63) is 52.9 Å². The van der Waals surface area contributed by atoms with Crippen molar-refractivity contribution in [1.29, 1.82) is 0 Å². The van der Waals surface area contributed by atoms with E-state index in [0.717, 1.165) is 17.5 Å². The van der Waals surface area contributed by atoms with Gasteiger partial charge in [0.25, 0.3) is 0 Å². The molecule has 0 aliphatic heterocycles. The van der Waals surface area contributed by atoms with Crippen molar-refractivity contribution >= 4 is 11.9 Å². The lowest BCUT2D eigenvalue weighted by Crippen LogP contribution is -2.08. The highest BCUT2D eigenvalue weighted by atomic mass is 19.1. The largest absolute Gasteiger partial charge is 0.299 e. The number of halogens is 1. The minimum Gasteiger partial charge on any atom is -0.299 e. The van der Waals surface area contributed by atoms with Crippen molar-refractivity contribution in [1.82, 2.24) is 0 Å². The Kier molecular flexibility index (Phi) is 2.43. The molecule has 2 aliphatic carbocycles. The van der Waals surface area contributed by atoms with Crippen molar-refractivity contribution in [3.8, 4) is 0 Å². The summed E-state index contributed by atoms with van der Waals surface area (Å²) in [6.07, 6.45) is 8.12. The normalized spacial score (nSPS) is 22.5. The lowest BCUT2D eigenvalue weighted by Gasteiger charge is -2.18. The lowest BCUT2D eigenvalue weighted by atomic mass is 9.85. The van der Waals surface area contributed by atoms with Crippen molar-refractivity contribution in [2.75, 3.05) is 0 Å². The number of ketones is 1. The van der Waals surface area contributed by atoms with Gasteiger partial charge in [-0.25, -0.2) is 4.39 Å². The second-order valence-corrected chi connectivity index (χ2v) is 4.63. The molecule has 0 bridgehead atoms. The third kappa shape index (κ3) is 1.84. The molecule has 17 heavy (non-hydrogen) atoms. The highest BCUT2D eigenvalue weighted by Gasteiger charge is 2.23. The number of allylic oxidation sites excluding steroid dienone is 3. The molecule has 1 unspecified atom stereocenters. The number of hydrogen-bond acceptors (Lipinski definition) is 1. The summed E-state index contributed by atoms with van der Waals surface area (Å²) >= 11 is 0. The fourth-order valence-electron chi connectivity index (χ4n) is 2.61. The average Bonchev–Trinajstić information content (AvgIpc) is 2.73. The van der Waals surface area contributed by atoms with Gasteiger partial charge in [0.15, 0.2) is 0 Å². The van der Waals surface area contributed by atoms with Gasteiger partial charge < -0.3 is 0 Å². The first-order valence-electron chi connectivity index (χ1n) is 5.92. The van der Waals surface area contributed by atoms with Crippen LogP contribution in [0.4, 0.5) is 4.39 Å². The molecule has 0 amide bonds. The molecule has 0 saturated carbocycles. The number of benzene rings is 1. The first-order valence-corrected chi connectivity index (χ1v) is 5.92. The molecule has 0 radical (unpaired) electrons. The van der Waals surface area contributed by atoms with E-state index in [1.54, 1.807) is 6.07 Å². The molecular weight excluding hydrogens is 215 g/mol. The molecule has 1 aromatic rings. The summed E-state index contributed by atoms with van der Waals surface area (Å²) < 4.78 is 13.3. The van der Waals surface area contributed by atoms with Crippen LogP contribution in [-0.4, -0.2) is 5.78 Å². The van der Waals surface area contributed by atoms with Gasteiger partial charge in [0.2, 0.25) is 0 Å². The summed E-state index contributed by atoms with van der Waals surface area (Å²) in [4.78, 5) is 11.2. The molecule has 0 spiro atoms. The molecular formula is C15H13FO. The van der Waals surface area contributed by atoms with E-state index in [-0.39, 0.29) is 11.7 Å². The number of rotatable bonds is 1. The molecule has 3 rings (SSSR count). The van der Waals surface area contributed by atoms with E-state index in [2.05, 4.69) is 6.08 Å². The van der Waals surface area contributed by atoms with E-state index in [1.165, 1.54) is 11.6 Å². The van der Waals surface area contributed by atoms with Crippen molar-refractivity contribution in [2.24, 2.45) is 0 Å². The van der Waals surface area contributed by atoms with Gasteiger partial charge in [0.05, 0.1) is 0 Å². The maximum absolute atomic E-state index is 13.3. The molecule has 0 fully saturated rings. The minimum absolute atomic E-state index is 0.175. The van der Waals surface area contributed by atoms with Crippen molar-refractivity contribution < 1.29 is 9.18 Å². The van der Waals surface area contributed by atoms with Gasteiger partial charge in [-0.2, -0.15) is 0 Å². The maximum atomic E-state index is 13.3. The molecule has 0 aromatic heterocycles. The third-order valence-electron chi connectivity index (χ3n) is 3.54. The smallest absolute Gasteiger partial charge is 0.136 e. The Balaban J connectivity index is 1.96. The minimum atomic E-state index is -0.190. The zero-order valence-corrected chi connectivity index (χ0v) is 9.45. The monoisotopic (exact) mass is 228 g/mol. The molecule has 1 aromatic carbocycles. The van der Waals surface area contributed by atoms with Crippen LogP contribution in [0, 0.1) is 5.82 Å². The Morgan fingerprint density at radius 2 is 2.12 bits per heavy atom. The topological polar surface area (TPSA) is 17.1 Å². The first kappa shape index (κ1) is 10.5. The Labute approximate surface area is 99.7 Å². The summed E-state index contributed by atoms with van der Waals surface area (Å²) in [5, 5.41) is 0. The predicted octanol–water partition coefficient (Wildman–Crippen LogP) is 3.62. The first-order chi connectivity index (χ1) is 8.24. The second kappa shape index (κ2) is 3.95. The molecule has 2 heteroatoms. The number of hydrogen-bond donors (Lipinski definition) is 0. The van der Waals surface area contributed by atoms with E-state index in [0.29, 0.717) is 18.6 Å². The number of carbonyl (C=O) groups excluding carboxylic acids is 1. The summed E-state index contributed by atoms with van der Waals surface area (Å²) in [7, 11) is 0. The van der Waals surface area contributed by atoms with Crippen LogP contribution >= 0.6 is 0 Å². The Morgan fingerprint density at radius 1 is 1.24 bits per heavy atom. The Morgan fingerprint density at radius 3 is 2.88 bits per heavy atom. The van der Waals surface area contributed by atoms with Gasteiger partial charge in [-0.15, -0.1) is 0 Å². The highest BCUT2D eigenvalue weighted by molar-refractivity contribution is 5.82. The van der Waals surface area contributed by atoms with Crippen LogP contribution in [0.2, 0.25) is 0 Å². The predicted molar refractivity (Wildman–Crippen MR) is 65.1 cm³/mol. The van der Waals surface area contributed by atoms with E-state index >= 15 is 0 Å². The fourth-order valence-corrected chi connectivity index (χ4v) is 2.61. The maximum Gasteiger partial charge on any atom is 0.136 e. The molecule has 1 nitrogen and oxygen atoms in total. The highest BCUT2D eigenvalue weighted by Crippen LogP contribution is 2.38. The number of carbonyl (C=O) groups is 1. The van der Waals surface area contributed by atoms with E-state index < -0.39 is 0 Å². The van der Waals surface area contributed by atoms with Gasteiger partial charge >= 0.3 is 0 Å². The number of fused-ring (bicyclic) bond motifs is 1. The molecule has 0 N–H and O–H groups in total. The Hall–Kier alpha value is -1.70.